The molecule has 3 aliphatic rings. The Hall–Kier alpha value is -1.05. The zero-order chi connectivity index (χ0) is 16.1. The molecule has 122 valence electrons. The summed E-state index contributed by atoms with van der Waals surface area (Å²) in [5.74, 6) is 0.367. The maximum Gasteiger partial charge on any atom is 0.309 e. The largest absolute Gasteiger partial charge is 0.481 e. The van der Waals surface area contributed by atoms with E-state index >= 15 is 0 Å². The van der Waals surface area contributed by atoms with Gasteiger partial charge in [-0.25, -0.2) is 0 Å². The summed E-state index contributed by atoms with van der Waals surface area (Å²) in [6, 6.07) is 0. The van der Waals surface area contributed by atoms with Crippen LogP contribution in [0.2, 0.25) is 0 Å². The minimum atomic E-state index is -0.573. The monoisotopic (exact) mass is 302 g/mol. The Kier molecular flexibility index (Phi) is 3.78. The quantitative estimate of drug-likeness (QED) is 0.709. The van der Waals surface area contributed by atoms with Crippen molar-refractivity contribution >= 4 is 5.97 Å². The van der Waals surface area contributed by atoms with Crippen LogP contribution in [0, 0.1) is 22.7 Å². The van der Waals surface area contributed by atoms with Crippen LogP contribution < -0.4 is 0 Å². The topological polar surface area (TPSA) is 37.3 Å². The van der Waals surface area contributed by atoms with Crippen molar-refractivity contribution in [2.24, 2.45) is 22.7 Å². The smallest absolute Gasteiger partial charge is 0.309 e. The van der Waals surface area contributed by atoms with Crippen LogP contribution in [0.3, 0.4) is 0 Å². The van der Waals surface area contributed by atoms with Crippen LogP contribution in [0.5, 0.6) is 0 Å². The predicted molar refractivity (Wildman–Crippen MR) is 89.6 cm³/mol. The van der Waals surface area contributed by atoms with Crippen LogP contribution in [0.1, 0.15) is 72.6 Å². The fourth-order valence-electron chi connectivity index (χ4n) is 5.82. The molecule has 0 radical (unpaired) electrons. The number of carbonyl (C=O) groups is 1. The normalized spacial score (nSPS) is 41.3. The lowest BCUT2D eigenvalue weighted by Crippen LogP contribution is -2.53. The van der Waals surface area contributed by atoms with Gasteiger partial charge in [-0.3, -0.25) is 4.79 Å². The molecule has 0 aromatic carbocycles. The molecule has 1 N–H and O–H groups in total. The van der Waals surface area contributed by atoms with Gasteiger partial charge in [-0.05, 0) is 82.1 Å². The number of rotatable bonds is 1. The lowest BCUT2D eigenvalue weighted by atomic mass is 9.46. The van der Waals surface area contributed by atoms with E-state index in [1.54, 1.807) is 5.57 Å². The molecule has 0 aromatic heterocycles. The standard InChI is InChI=1S/C20H30O2/c1-13(2)14-6-8-16-15(12-14)7-9-17-19(16,3)10-5-11-20(17,4)18(21)22/h12,16-17H,5-11H2,1-4H3,(H,21,22)/t16-,17?,19-,20-/m1/s1. The van der Waals surface area contributed by atoms with E-state index in [0.717, 1.165) is 25.7 Å². The number of carboxylic acid groups (broad SMARTS) is 1. The molecular formula is C20H30O2. The summed E-state index contributed by atoms with van der Waals surface area (Å²) in [4.78, 5) is 12.0. The first-order chi connectivity index (χ1) is 10.3. The third-order valence-electron chi connectivity index (χ3n) is 7.13. The van der Waals surface area contributed by atoms with Crippen molar-refractivity contribution < 1.29 is 9.90 Å². The number of aliphatic carboxylic acids is 1. The second-order valence-electron chi connectivity index (χ2n) is 8.51. The second kappa shape index (κ2) is 5.25. The zero-order valence-electron chi connectivity index (χ0n) is 14.5. The summed E-state index contributed by atoms with van der Waals surface area (Å²) in [7, 11) is 0. The van der Waals surface area contributed by atoms with Gasteiger partial charge < -0.3 is 5.11 Å². The van der Waals surface area contributed by atoms with E-state index in [4.69, 9.17) is 0 Å². The Morgan fingerprint density at radius 2 is 1.91 bits per heavy atom. The molecule has 3 aliphatic carbocycles. The lowest BCUT2D eigenvalue weighted by Gasteiger charge is -2.58. The highest BCUT2D eigenvalue weighted by Gasteiger charge is 2.57. The van der Waals surface area contributed by atoms with Crippen molar-refractivity contribution in [3.05, 3.63) is 22.8 Å². The molecule has 0 spiro atoms. The first-order valence-electron chi connectivity index (χ1n) is 8.89. The van der Waals surface area contributed by atoms with Gasteiger partial charge >= 0.3 is 5.97 Å². The van der Waals surface area contributed by atoms with Crippen LogP contribution in [0.4, 0.5) is 0 Å². The summed E-state index contributed by atoms with van der Waals surface area (Å²) in [6.07, 6.45) is 10.1. The van der Waals surface area contributed by atoms with Crippen LogP contribution >= 0.6 is 0 Å². The highest BCUT2D eigenvalue weighted by atomic mass is 16.4. The van der Waals surface area contributed by atoms with E-state index in [1.165, 1.54) is 30.4 Å². The Bertz CT molecular complexity index is 552. The first kappa shape index (κ1) is 15.8. The van der Waals surface area contributed by atoms with Crippen molar-refractivity contribution in [2.75, 3.05) is 0 Å². The molecule has 0 aromatic rings. The lowest BCUT2D eigenvalue weighted by molar-refractivity contribution is -0.164. The van der Waals surface area contributed by atoms with Crippen molar-refractivity contribution in [3.63, 3.8) is 0 Å². The van der Waals surface area contributed by atoms with Crippen LogP contribution in [0.25, 0.3) is 0 Å². The fraction of sp³-hybridized carbons (Fsp3) is 0.750. The summed E-state index contributed by atoms with van der Waals surface area (Å²) in [5.41, 5.74) is 4.23. The average Bonchev–Trinajstić information content (AvgIpc) is 2.46. The molecule has 2 fully saturated rings. The van der Waals surface area contributed by atoms with Crippen LogP contribution in [-0.2, 0) is 4.79 Å². The maximum atomic E-state index is 12.0. The minimum Gasteiger partial charge on any atom is -0.481 e. The van der Waals surface area contributed by atoms with E-state index in [2.05, 4.69) is 26.8 Å². The van der Waals surface area contributed by atoms with Gasteiger partial charge in [0.25, 0.3) is 0 Å². The minimum absolute atomic E-state index is 0.183. The molecule has 0 amide bonds. The zero-order valence-corrected chi connectivity index (χ0v) is 14.5. The molecule has 3 rings (SSSR count). The molecule has 0 heterocycles. The van der Waals surface area contributed by atoms with Gasteiger partial charge in [0.1, 0.15) is 0 Å². The molecule has 22 heavy (non-hydrogen) atoms. The molecule has 0 aliphatic heterocycles. The molecular weight excluding hydrogens is 272 g/mol. The van der Waals surface area contributed by atoms with E-state index in [0.29, 0.717) is 11.8 Å². The fourth-order valence-corrected chi connectivity index (χ4v) is 5.82. The van der Waals surface area contributed by atoms with E-state index in [1.807, 2.05) is 6.92 Å². The van der Waals surface area contributed by atoms with Gasteiger partial charge in [0.2, 0.25) is 0 Å². The van der Waals surface area contributed by atoms with Gasteiger partial charge in [-0.15, -0.1) is 0 Å². The molecule has 0 saturated heterocycles. The molecule has 2 nitrogen and oxygen atoms in total. The Morgan fingerprint density at radius 3 is 2.55 bits per heavy atom. The van der Waals surface area contributed by atoms with E-state index in [-0.39, 0.29) is 5.41 Å². The molecule has 4 atom stereocenters. The summed E-state index contributed by atoms with van der Waals surface area (Å²) in [5, 5.41) is 9.84. The molecule has 0 bridgehead atoms. The molecule has 2 saturated carbocycles. The molecule has 1 unspecified atom stereocenters. The van der Waals surface area contributed by atoms with Crippen molar-refractivity contribution in [3.8, 4) is 0 Å². The number of hydrogen-bond acceptors (Lipinski definition) is 1. The summed E-state index contributed by atoms with van der Waals surface area (Å²) >= 11 is 0. The third-order valence-corrected chi connectivity index (χ3v) is 7.13. The van der Waals surface area contributed by atoms with Gasteiger partial charge in [0.15, 0.2) is 0 Å². The highest BCUT2D eigenvalue weighted by molar-refractivity contribution is 5.75. The van der Waals surface area contributed by atoms with Crippen molar-refractivity contribution in [1.82, 2.24) is 0 Å². The second-order valence-corrected chi connectivity index (χ2v) is 8.51. The van der Waals surface area contributed by atoms with Crippen molar-refractivity contribution in [1.29, 1.82) is 0 Å². The van der Waals surface area contributed by atoms with Crippen LogP contribution in [0.15, 0.2) is 22.8 Å². The van der Waals surface area contributed by atoms with E-state index < -0.39 is 11.4 Å². The van der Waals surface area contributed by atoms with Gasteiger partial charge in [-0.1, -0.05) is 30.6 Å². The average molecular weight is 302 g/mol. The number of allylic oxidation sites excluding steroid dienone is 4. The Labute approximate surface area is 134 Å². The third kappa shape index (κ3) is 2.18. The van der Waals surface area contributed by atoms with Gasteiger partial charge in [0, 0.05) is 0 Å². The van der Waals surface area contributed by atoms with Crippen molar-refractivity contribution in [2.45, 2.75) is 72.6 Å². The van der Waals surface area contributed by atoms with Crippen LogP contribution in [-0.4, -0.2) is 11.1 Å². The predicted octanol–water partition coefficient (Wildman–Crippen LogP) is 5.35. The molecule has 2 heteroatoms. The first-order valence-corrected chi connectivity index (χ1v) is 8.89. The van der Waals surface area contributed by atoms with E-state index in [9.17, 15) is 9.90 Å². The number of fused-ring (bicyclic) bond motifs is 3. The van der Waals surface area contributed by atoms with Gasteiger partial charge in [0.05, 0.1) is 5.41 Å². The maximum absolute atomic E-state index is 12.0. The highest BCUT2D eigenvalue weighted by Crippen LogP contribution is 2.63. The Morgan fingerprint density at radius 1 is 1.18 bits per heavy atom. The SMILES string of the molecule is CC(C)=C1C=C2CCC3[C@](C)(C(=O)O)CCC[C@]3(C)[C@@H]2CC1. The summed E-state index contributed by atoms with van der Waals surface area (Å²) < 4.78 is 0. The Balaban J connectivity index is 1.99. The number of carboxylic acids is 1. The van der Waals surface area contributed by atoms with Gasteiger partial charge in [-0.2, -0.15) is 0 Å². The summed E-state index contributed by atoms with van der Waals surface area (Å²) in [6.45, 7) is 8.82. The number of hydrogen-bond donors (Lipinski definition) is 1.